The number of nitrogens with zero attached hydrogens (tertiary/aromatic N) is 2. The highest BCUT2D eigenvalue weighted by molar-refractivity contribution is 7.18. The molecule has 0 aromatic carbocycles. The van der Waals surface area contributed by atoms with Gasteiger partial charge in [-0.2, -0.15) is 0 Å². The topological polar surface area (TPSA) is 94.4 Å². The quantitative estimate of drug-likeness (QED) is 0.488. The molecule has 7 nitrogen and oxygen atoms in total. The molecule has 0 radical (unpaired) electrons. The summed E-state index contributed by atoms with van der Waals surface area (Å²) in [5.74, 6) is -11.4. The number of thiazole rings is 1. The fraction of sp³-hybridized carbons (Fsp3) is 0.273. The molecular formula is C11H6F5N3O4S. The molecule has 2 atom stereocenters. The number of nitrogens with one attached hydrogen (secondary N) is 1. The van der Waals surface area contributed by atoms with Gasteiger partial charge in [0.1, 0.15) is 12.8 Å². The van der Waals surface area contributed by atoms with Gasteiger partial charge in [0.15, 0.2) is 22.6 Å². The van der Waals surface area contributed by atoms with Gasteiger partial charge in [0.2, 0.25) is 6.17 Å². The smallest absolute Gasteiger partial charge is 0.330 e. The Morgan fingerprint density at radius 1 is 1.50 bits per heavy atom. The van der Waals surface area contributed by atoms with Crippen LogP contribution in [0.1, 0.15) is 0 Å². The zero-order chi connectivity index (χ0) is 18.1. The van der Waals surface area contributed by atoms with Gasteiger partial charge in [-0.3, -0.25) is 20.2 Å². The highest BCUT2D eigenvalue weighted by Crippen LogP contribution is 2.39. The number of ether oxygens (including phenoxy) is 1. The first-order valence-electron chi connectivity index (χ1n) is 5.95. The number of carbonyl (C=O) groups excluding carboxylic acids is 1. The third kappa shape index (κ3) is 3.56. The number of nitro groups is 1. The molecule has 1 heterocycles. The van der Waals surface area contributed by atoms with Crippen molar-refractivity contribution >= 4 is 27.4 Å². The van der Waals surface area contributed by atoms with Crippen LogP contribution in [0, 0.1) is 10.1 Å². The van der Waals surface area contributed by atoms with Gasteiger partial charge in [0.05, 0.1) is 4.92 Å². The van der Waals surface area contributed by atoms with E-state index in [0.29, 0.717) is 11.3 Å². The second kappa shape index (κ2) is 6.60. The van der Waals surface area contributed by atoms with Crippen molar-refractivity contribution in [2.45, 2.75) is 12.0 Å². The summed E-state index contributed by atoms with van der Waals surface area (Å²) in [5, 5.41) is 11.8. The van der Waals surface area contributed by atoms with Gasteiger partial charge >= 0.3 is 5.00 Å². The number of amides is 1. The summed E-state index contributed by atoms with van der Waals surface area (Å²) >= 11 is 0.477. The molecule has 2 rings (SSSR count). The van der Waals surface area contributed by atoms with Crippen molar-refractivity contribution in [2.75, 3.05) is 11.9 Å². The van der Waals surface area contributed by atoms with Crippen LogP contribution in [-0.4, -0.2) is 34.4 Å². The Morgan fingerprint density at radius 3 is 2.75 bits per heavy atom. The normalized spacial score (nSPS) is 23.9. The van der Waals surface area contributed by atoms with Crippen LogP contribution in [0.5, 0.6) is 0 Å². The fourth-order valence-corrected chi connectivity index (χ4v) is 2.21. The van der Waals surface area contributed by atoms with Gasteiger partial charge in [-0.15, -0.1) is 0 Å². The van der Waals surface area contributed by atoms with Crippen molar-refractivity contribution in [1.29, 1.82) is 0 Å². The molecule has 0 aliphatic heterocycles. The molecule has 0 saturated heterocycles. The van der Waals surface area contributed by atoms with E-state index >= 15 is 0 Å². The maximum absolute atomic E-state index is 14.0. The highest BCUT2D eigenvalue weighted by Gasteiger charge is 2.48. The average molecular weight is 371 g/mol. The Balaban J connectivity index is 1.99. The van der Waals surface area contributed by atoms with E-state index in [-0.39, 0.29) is 11.2 Å². The maximum atomic E-state index is 14.0. The number of alkyl halides is 2. The number of aromatic nitrogens is 1. The van der Waals surface area contributed by atoms with Gasteiger partial charge < -0.3 is 4.74 Å². The molecule has 1 aliphatic carbocycles. The zero-order valence-corrected chi connectivity index (χ0v) is 12.1. The lowest BCUT2D eigenvalue weighted by molar-refractivity contribution is -0.380. The Hall–Kier alpha value is -2.41. The van der Waals surface area contributed by atoms with Gasteiger partial charge in [-0.1, -0.05) is 0 Å². The van der Waals surface area contributed by atoms with Gasteiger partial charge in [-0.25, -0.2) is 26.9 Å². The van der Waals surface area contributed by atoms with Crippen LogP contribution in [0.15, 0.2) is 29.8 Å². The molecule has 0 fully saturated rings. The molecule has 0 bridgehead atoms. The lowest BCUT2D eigenvalue weighted by Crippen LogP contribution is -2.41. The minimum absolute atomic E-state index is 0.234. The molecule has 130 valence electrons. The number of halogens is 5. The van der Waals surface area contributed by atoms with E-state index in [9.17, 15) is 36.9 Å². The summed E-state index contributed by atoms with van der Waals surface area (Å²) < 4.78 is 70.4. The summed E-state index contributed by atoms with van der Waals surface area (Å²) in [4.78, 5) is 24.6. The summed E-state index contributed by atoms with van der Waals surface area (Å²) in [6.07, 6.45) is -2.74. The van der Waals surface area contributed by atoms with Crippen LogP contribution in [0.3, 0.4) is 0 Å². The molecular weight excluding hydrogens is 365 g/mol. The molecule has 1 N–H and O–H groups in total. The maximum Gasteiger partial charge on any atom is 0.345 e. The fourth-order valence-electron chi connectivity index (χ4n) is 1.56. The number of anilines is 1. The number of hydrogen-bond donors (Lipinski definition) is 1. The van der Waals surface area contributed by atoms with Crippen molar-refractivity contribution < 1.29 is 36.4 Å². The Kier molecular flexibility index (Phi) is 4.94. The number of allylic oxidation sites excluding steroid dienone is 2. The molecule has 0 spiro atoms. The van der Waals surface area contributed by atoms with Crippen LogP contribution in [-0.2, 0) is 9.53 Å². The summed E-state index contributed by atoms with van der Waals surface area (Å²) in [5.41, 5.74) is 0. The minimum Gasteiger partial charge on any atom is -0.330 e. The lowest BCUT2D eigenvalue weighted by atomic mass is 10.0. The molecule has 1 amide bonds. The minimum atomic E-state index is -3.73. The van der Waals surface area contributed by atoms with E-state index in [0.717, 1.165) is 6.20 Å². The predicted octanol–water partition coefficient (Wildman–Crippen LogP) is 3.03. The number of hydrogen-bond acceptors (Lipinski definition) is 6. The zero-order valence-electron chi connectivity index (χ0n) is 11.3. The Labute approximate surface area is 133 Å². The number of rotatable bonds is 5. The summed E-state index contributed by atoms with van der Waals surface area (Å²) in [6.45, 7) is -1.22. The van der Waals surface area contributed by atoms with Gasteiger partial charge in [0, 0.05) is 6.08 Å². The SMILES string of the molecule is O=C(COC1(F)C=C(F)C(F)=C(F)C1F)Nc1ncc([N+](=O)[O-])s1. The molecule has 1 aliphatic rings. The van der Waals surface area contributed by atoms with Crippen LogP contribution in [0.4, 0.5) is 32.1 Å². The number of carbonyl (C=O) groups is 1. The van der Waals surface area contributed by atoms with Crippen molar-refractivity contribution in [3.05, 3.63) is 39.9 Å². The first-order chi connectivity index (χ1) is 11.1. The molecule has 0 saturated carbocycles. The van der Waals surface area contributed by atoms with Crippen LogP contribution in [0.25, 0.3) is 0 Å². The van der Waals surface area contributed by atoms with E-state index < -0.39 is 51.9 Å². The largest absolute Gasteiger partial charge is 0.345 e. The lowest BCUT2D eigenvalue weighted by Gasteiger charge is -2.27. The van der Waals surface area contributed by atoms with E-state index in [1.807, 2.05) is 5.32 Å². The standard InChI is InChI=1S/C11H6F5N3O4S/c12-4-1-11(16,9(15)8(14)7(4)13)23-3-5(20)18-10-17-2-6(24-10)19(21)22/h1-2,9H,3H2,(H,17,18,20). The van der Waals surface area contributed by atoms with Crippen LogP contribution < -0.4 is 5.32 Å². The molecule has 1 aromatic rings. The third-order valence-electron chi connectivity index (χ3n) is 2.66. The van der Waals surface area contributed by atoms with Crippen LogP contribution >= 0.6 is 11.3 Å². The summed E-state index contributed by atoms with van der Waals surface area (Å²) in [6, 6.07) is 0. The molecule has 13 heteroatoms. The molecule has 24 heavy (non-hydrogen) atoms. The highest BCUT2D eigenvalue weighted by atomic mass is 32.1. The van der Waals surface area contributed by atoms with Crippen molar-refractivity contribution in [2.24, 2.45) is 0 Å². The Morgan fingerprint density at radius 2 is 2.17 bits per heavy atom. The van der Waals surface area contributed by atoms with Crippen molar-refractivity contribution in [1.82, 2.24) is 4.98 Å². The first kappa shape index (κ1) is 17.9. The predicted molar refractivity (Wildman–Crippen MR) is 70.5 cm³/mol. The molecule has 2 unspecified atom stereocenters. The monoisotopic (exact) mass is 371 g/mol. The van der Waals surface area contributed by atoms with Gasteiger partial charge in [0.25, 0.3) is 11.8 Å². The van der Waals surface area contributed by atoms with E-state index in [2.05, 4.69) is 9.72 Å². The molecule has 1 aromatic heterocycles. The van der Waals surface area contributed by atoms with E-state index in [4.69, 9.17) is 0 Å². The van der Waals surface area contributed by atoms with Gasteiger partial charge in [-0.05, 0) is 11.3 Å². The van der Waals surface area contributed by atoms with E-state index in [1.54, 1.807) is 0 Å². The second-order valence-corrected chi connectivity index (χ2v) is 5.32. The second-order valence-electron chi connectivity index (χ2n) is 4.31. The van der Waals surface area contributed by atoms with Crippen LogP contribution in [0.2, 0.25) is 0 Å². The van der Waals surface area contributed by atoms with Crippen molar-refractivity contribution in [3.8, 4) is 0 Å². The van der Waals surface area contributed by atoms with E-state index in [1.165, 1.54) is 0 Å². The Bertz CT molecular complexity index is 752. The van der Waals surface area contributed by atoms with Crippen molar-refractivity contribution in [3.63, 3.8) is 0 Å². The third-order valence-corrected chi connectivity index (χ3v) is 3.52. The average Bonchev–Trinajstić information content (AvgIpc) is 2.98. The summed E-state index contributed by atoms with van der Waals surface area (Å²) in [7, 11) is 0. The first-order valence-corrected chi connectivity index (χ1v) is 6.76.